The van der Waals surface area contributed by atoms with Gasteiger partial charge in [0.15, 0.2) is 0 Å². The highest BCUT2D eigenvalue weighted by Crippen LogP contribution is 2.34. The van der Waals surface area contributed by atoms with Crippen molar-refractivity contribution in [2.45, 2.75) is 19.0 Å². The minimum Gasteiger partial charge on any atom is -0.336 e. The number of halogens is 3. The molecule has 1 N–H and O–H groups in total. The third-order valence-electron chi connectivity index (χ3n) is 2.78. The molecule has 1 aromatic rings. The Morgan fingerprint density at radius 1 is 1.35 bits per heavy atom. The molecule has 94 valence electrons. The summed E-state index contributed by atoms with van der Waals surface area (Å²) in [5.74, 6) is -1.92. The summed E-state index contributed by atoms with van der Waals surface area (Å²) in [6, 6.07) is 0. The number of carbonyl (C=O) groups excluding carboxylic acids is 1. The lowest BCUT2D eigenvalue weighted by Crippen LogP contribution is -2.42. The van der Waals surface area contributed by atoms with Crippen molar-refractivity contribution in [2.75, 3.05) is 13.1 Å². The van der Waals surface area contributed by atoms with Crippen LogP contribution in [-0.4, -0.2) is 50.7 Å². The third kappa shape index (κ3) is 2.53. The van der Waals surface area contributed by atoms with Gasteiger partial charge in [0.25, 0.3) is 11.7 Å². The number of nitrogens with zero attached hydrogens (tertiary/aromatic N) is 4. The number of tetrazole rings is 1. The molecule has 1 fully saturated rings. The van der Waals surface area contributed by atoms with Crippen LogP contribution >= 0.6 is 0 Å². The molecule has 1 saturated heterocycles. The second kappa shape index (κ2) is 4.30. The Bertz CT molecular complexity index is 382. The van der Waals surface area contributed by atoms with Gasteiger partial charge in [0.2, 0.25) is 0 Å². The number of nitrogens with one attached hydrogen (secondary N) is 1. The predicted octanol–water partition coefficient (Wildman–Crippen LogP) is 0.614. The maximum Gasteiger partial charge on any atom is 0.391 e. The van der Waals surface area contributed by atoms with Crippen molar-refractivity contribution < 1.29 is 18.0 Å². The van der Waals surface area contributed by atoms with Gasteiger partial charge in [0.1, 0.15) is 0 Å². The van der Waals surface area contributed by atoms with E-state index in [-0.39, 0.29) is 31.8 Å². The molecule has 2 rings (SSSR count). The molecule has 0 aliphatic carbocycles. The minimum atomic E-state index is -4.18. The van der Waals surface area contributed by atoms with E-state index in [1.807, 2.05) is 0 Å². The Morgan fingerprint density at radius 3 is 2.47 bits per heavy atom. The van der Waals surface area contributed by atoms with E-state index in [1.54, 1.807) is 0 Å². The lowest BCUT2D eigenvalue weighted by atomic mass is 9.96. The van der Waals surface area contributed by atoms with Gasteiger partial charge in [0, 0.05) is 13.1 Å². The molecule has 6 nitrogen and oxygen atoms in total. The topological polar surface area (TPSA) is 74.8 Å². The standard InChI is InChI=1S/C8H10F3N5O/c9-8(10,11)5-1-3-16(4-2-5)7(17)6-12-14-15-13-6/h5H,1-4H2,(H,12,13,14,15). The Morgan fingerprint density at radius 2 is 2.00 bits per heavy atom. The number of hydrogen-bond acceptors (Lipinski definition) is 4. The highest BCUT2D eigenvalue weighted by Gasteiger charge is 2.42. The largest absolute Gasteiger partial charge is 0.391 e. The maximum atomic E-state index is 12.4. The molecule has 0 radical (unpaired) electrons. The van der Waals surface area contributed by atoms with Crippen LogP contribution in [0.2, 0.25) is 0 Å². The van der Waals surface area contributed by atoms with Crippen LogP contribution in [0.25, 0.3) is 0 Å². The van der Waals surface area contributed by atoms with Crippen molar-refractivity contribution in [3.05, 3.63) is 5.82 Å². The molecule has 0 aromatic carbocycles. The molecule has 0 atom stereocenters. The van der Waals surface area contributed by atoms with Gasteiger partial charge in [0.05, 0.1) is 5.92 Å². The molecule has 1 aliphatic heterocycles. The van der Waals surface area contributed by atoms with Crippen LogP contribution in [0.4, 0.5) is 13.2 Å². The van der Waals surface area contributed by atoms with Gasteiger partial charge >= 0.3 is 6.18 Å². The third-order valence-corrected chi connectivity index (χ3v) is 2.78. The van der Waals surface area contributed by atoms with E-state index in [1.165, 1.54) is 4.90 Å². The number of rotatable bonds is 1. The van der Waals surface area contributed by atoms with Gasteiger partial charge in [-0.25, -0.2) is 0 Å². The summed E-state index contributed by atoms with van der Waals surface area (Å²) in [5.41, 5.74) is 0. The van der Waals surface area contributed by atoms with E-state index in [2.05, 4.69) is 20.6 Å². The molecule has 17 heavy (non-hydrogen) atoms. The zero-order chi connectivity index (χ0) is 12.5. The average molecular weight is 249 g/mol. The Balaban J connectivity index is 1.94. The molecule has 2 heterocycles. The quantitative estimate of drug-likeness (QED) is 0.791. The molecule has 0 spiro atoms. The second-order valence-electron chi connectivity index (χ2n) is 3.84. The van der Waals surface area contributed by atoms with Gasteiger partial charge in [-0.1, -0.05) is 0 Å². The van der Waals surface area contributed by atoms with Crippen LogP contribution in [0.5, 0.6) is 0 Å². The van der Waals surface area contributed by atoms with Crippen LogP contribution in [-0.2, 0) is 0 Å². The number of carbonyl (C=O) groups is 1. The van der Waals surface area contributed by atoms with Gasteiger partial charge < -0.3 is 4.90 Å². The molecule has 1 amide bonds. The van der Waals surface area contributed by atoms with Gasteiger partial charge in [-0.3, -0.25) is 4.79 Å². The fourth-order valence-corrected chi connectivity index (χ4v) is 1.80. The van der Waals surface area contributed by atoms with E-state index in [9.17, 15) is 18.0 Å². The fraction of sp³-hybridized carbons (Fsp3) is 0.750. The minimum absolute atomic E-state index is 0.0670. The zero-order valence-corrected chi connectivity index (χ0v) is 8.74. The molecule has 9 heteroatoms. The Labute approximate surface area is 94.2 Å². The normalized spacial score (nSPS) is 18.4. The summed E-state index contributed by atoms with van der Waals surface area (Å²) < 4.78 is 37.2. The van der Waals surface area contributed by atoms with Crippen LogP contribution in [0.1, 0.15) is 23.5 Å². The lowest BCUT2D eigenvalue weighted by Gasteiger charge is -2.32. The molecule has 0 unspecified atom stereocenters. The maximum absolute atomic E-state index is 12.4. The summed E-state index contributed by atoms with van der Waals surface area (Å²) in [7, 11) is 0. The first-order valence-electron chi connectivity index (χ1n) is 5.08. The average Bonchev–Trinajstić information content (AvgIpc) is 2.80. The van der Waals surface area contributed by atoms with Gasteiger partial charge in [-0.15, -0.1) is 10.2 Å². The summed E-state index contributed by atoms with van der Waals surface area (Å²) in [6.07, 6.45) is -4.33. The monoisotopic (exact) mass is 249 g/mol. The number of H-pyrrole nitrogens is 1. The summed E-state index contributed by atoms with van der Waals surface area (Å²) in [4.78, 5) is 13.0. The van der Waals surface area contributed by atoms with E-state index in [0.717, 1.165) is 0 Å². The molecular formula is C8H10F3N5O. The van der Waals surface area contributed by atoms with Crippen molar-refractivity contribution in [3.8, 4) is 0 Å². The van der Waals surface area contributed by atoms with E-state index in [4.69, 9.17) is 0 Å². The number of alkyl halides is 3. The van der Waals surface area contributed by atoms with Crippen molar-refractivity contribution in [1.82, 2.24) is 25.5 Å². The van der Waals surface area contributed by atoms with Gasteiger partial charge in [-0.2, -0.15) is 18.4 Å². The molecule has 1 aliphatic rings. The van der Waals surface area contributed by atoms with Crippen molar-refractivity contribution in [2.24, 2.45) is 5.92 Å². The van der Waals surface area contributed by atoms with E-state index >= 15 is 0 Å². The smallest absolute Gasteiger partial charge is 0.336 e. The second-order valence-corrected chi connectivity index (χ2v) is 3.84. The van der Waals surface area contributed by atoms with Crippen molar-refractivity contribution >= 4 is 5.91 Å². The first-order valence-corrected chi connectivity index (χ1v) is 5.08. The molecule has 0 bridgehead atoms. The zero-order valence-electron chi connectivity index (χ0n) is 8.74. The fourth-order valence-electron chi connectivity index (χ4n) is 1.80. The predicted molar refractivity (Wildman–Crippen MR) is 48.9 cm³/mol. The summed E-state index contributed by atoms with van der Waals surface area (Å²) in [5, 5.41) is 12.4. The highest BCUT2D eigenvalue weighted by molar-refractivity contribution is 5.90. The van der Waals surface area contributed by atoms with Gasteiger partial charge in [-0.05, 0) is 18.1 Å². The summed E-state index contributed by atoms with van der Waals surface area (Å²) in [6.45, 7) is 0.134. The van der Waals surface area contributed by atoms with E-state index in [0.29, 0.717) is 0 Å². The van der Waals surface area contributed by atoms with Crippen molar-refractivity contribution in [1.29, 1.82) is 0 Å². The number of likely N-dealkylation sites (tertiary alicyclic amines) is 1. The number of hydrogen-bond donors (Lipinski definition) is 1. The molecular weight excluding hydrogens is 239 g/mol. The Hall–Kier alpha value is -1.67. The van der Waals surface area contributed by atoms with Crippen LogP contribution in [0.3, 0.4) is 0 Å². The Kier molecular flexibility index (Phi) is 2.99. The van der Waals surface area contributed by atoms with Crippen LogP contribution in [0.15, 0.2) is 0 Å². The number of aromatic amines is 1. The van der Waals surface area contributed by atoms with Crippen LogP contribution < -0.4 is 0 Å². The van der Waals surface area contributed by atoms with Crippen LogP contribution in [0, 0.1) is 5.92 Å². The SMILES string of the molecule is O=C(c1nn[nH]n1)N1CCC(C(F)(F)F)CC1. The first-order chi connectivity index (χ1) is 7.98. The van der Waals surface area contributed by atoms with Crippen molar-refractivity contribution in [3.63, 3.8) is 0 Å². The first kappa shape index (κ1) is 11.8. The molecule has 1 aromatic heterocycles. The lowest BCUT2D eigenvalue weighted by molar-refractivity contribution is -0.183. The number of amides is 1. The number of aromatic nitrogens is 4. The highest BCUT2D eigenvalue weighted by atomic mass is 19.4. The number of piperidine rings is 1. The van der Waals surface area contributed by atoms with E-state index < -0.39 is 18.0 Å². The summed E-state index contributed by atoms with van der Waals surface area (Å²) >= 11 is 0. The molecule has 0 saturated carbocycles.